The number of benzene rings is 1. The maximum Gasteiger partial charge on any atom is 0.303 e. The van der Waals surface area contributed by atoms with Crippen LogP contribution in [0.15, 0.2) is 12.1 Å². The molecule has 0 saturated heterocycles. The van der Waals surface area contributed by atoms with Gasteiger partial charge in [0.1, 0.15) is 12.2 Å². The fraction of sp³-hybridized carbons (Fsp3) is 0.545. The zero-order valence-electron chi connectivity index (χ0n) is 18.2. The Balaban J connectivity index is 2.63. The van der Waals surface area contributed by atoms with Gasteiger partial charge in [-0.2, -0.15) is 0 Å². The molecule has 30 heavy (non-hydrogen) atoms. The van der Waals surface area contributed by atoms with Crippen molar-refractivity contribution in [3.05, 3.63) is 34.4 Å². The lowest BCUT2D eigenvalue weighted by Gasteiger charge is -2.41. The van der Waals surface area contributed by atoms with E-state index in [2.05, 4.69) is 0 Å². The Hall–Kier alpha value is -2.74. The summed E-state index contributed by atoms with van der Waals surface area (Å²) >= 11 is 0. The second kappa shape index (κ2) is 9.38. The molecule has 0 aliphatic heterocycles. The molecule has 2 atom stereocenters. The van der Waals surface area contributed by atoms with Crippen LogP contribution >= 0.6 is 0 Å². The van der Waals surface area contributed by atoms with Gasteiger partial charge < -0.3 is 18.9 Å². The van der Waals surface area contributed by atoms with Gasteiger partial charge in [0.2, 0.25) is 5.78 Å². The van der Waals surface area contributed by atoms with Crippen LogP contribution in [0.4, 0.5) is 0 Å². The molecule has 1 aromatic rings. The van der Waals surface area contributed by atoms with Gasteiger partial charge >= 0.3 is 17.9 Å². The van der Waals surface area contributed by atoms with Gasteiger partial charge in [0, 0.05) is 39.4 Å². The molecule has 0 spiro atoms. The first kappa shape index (κ1) is 23.5. The van der Waals surface area contributed by atoms with E-state index in [-0.39, 0.29) is 19.6 Å². The zero-order chi connectivity index (χ0) is 22.6. The summed E-state index contributed by atoms with van der Waals surface area (Å²) in [5.41, 5.74) is 1.28. The van der Waals surface area contributed by atoms with Crippen LogP contribution in [-0.2, 0) is 53.0 Å². The van der Waals surface area contributed by atoms with Gasteiger partial charge in [0.05, 0.1) is 6.61 Å². The number of ether oxygens (including phenoxy) is 4. The molecule has 2 rings (SSSR count). The lowest BCUT2D eigenvalue weighted by Crippen LogP contribution is -2.51. The fourth-order valence-electron chi connectivity index (χ4n) is 3.89. The quantitative estimate of drug-likeness (QED) is 0.489. The number of fused-ring (bicyclic) bond motifs is 1. The topological polar surface area (TPSA) is 105 Å². The molecule has 0 bridgehead atoms. The van der Waals surface area contributed by atoms with Crippen LogP contribution in [0.3, 0.4) is 0 Å². The van der Waals surface area contributed by atoms with Crippen molar-refractivity contribution in [1.29, 1.82) is 0 Å². The number of hydrogen-bond acceptors (Lipinski definition) is 8. The molecule has 1 aliphatic rings. The molecule has 0 unspecified atom stereocenters. The minimum atomic E-state index is -1.12. The lowest BCUT2D eigenvalue weighted by atomic mass is 9.71. The average Bonchev–Trinajstić information content (AvgIpc) is 2.61. The smallest absolute Gasteiger partial charge is 0.303 e. The predicted molar refractivity (Wildman–Crippen MR) is 106 cm³/mol. The Morgan fingerprint density at radius 1 is 1.00 bits per heavy atom. The molecule has 0 aromatic heterocycles. The maximum atomic E-state index is 13.5. The van der Waals surface area contributed by atoms with Crippen LogP contribution in [0.25, 0.3) is 0 Å². The maximum absolute atomic E-state index is 13.5. The third-order valence-corrected chi connectivity index (χ3v) is 5.11. The molecule has 1 aromatic carbocycles. The van der Waals surface area contributed by atoms with Gasteiger partial charge in [-0.25, -0.2) is 0 Å². The first-order valence-electron chi connectivity index (χ1n) is 9.64. The van der Waals surface area contributed by atoms with Gasteiger partial charge in [0.15, 0.2) is 6.10 Å². The molecule has 8 nitrogen and oxygen atoms in total. The third-order valence-electron chi connectivity index (χ3n) is 5.11. The van der Waals surface area contributed by atoms with Crippen LogP contribution in [0.1, 0.15) is 61.7 Å². The summed E-state index contributed by atoms with van der Waals surface area (Å²) in [6.07, 6.45) is -0.836. The average molecular weight is 420 g/mol. The lowest BCUT2D eigenvalue weighted by molar-refractivity contribution is -0.167. The van der Waals surface area contributed by atoms with E-state index in [0.29, 0.717) is 22.3 Å². The molecule has 0 radical (unpaired) electrons. The summed E-state index contributed by atoms with van der Waals surface area (Å²) in [5, 5.41) is 0. The Morgan fingerprint density at radius 2 is 1.63 bits per heavy atom. The molecule has 0 N–H and O–H groups in total. The SMILES string of the molecule is COCc1ccc(COC(C)=O)c2c1C(=O)[C@H](OC(C)=O)[C@@H](C(C)(C)OC(C)=O)C2. The van der Waals surface area contributed by atoms with Crippen molar-refractivity contribution in [2.45, 2.75) is 66.0 Å². The Kier molecular flexibility index (Phi) is 7.36. The van der Waals surface area contributed by atoms with E-state index in [0.717, 1.165) is 0 Å². The molecule has 0 saturated carbocycles. The van der Waals surface area contributed by atoms with Gasteiger partial charge in [0.25, 0.3) is 0 Å². The van der Waals surface area contributed by atoms with E-state index in [9.17, 15) is 19.2 Å². The van der Waals surface area contributed by atoms with E-state index in [1.165, 1.54) is 27.9 Å². The third kappa shape index (κ3) is 5.24. The number of carbonyl (C=O) groups excluding carboxylic acids is 4. The Labute approximate surface area is 175 Å². The molecular formula is C22H28O8. The molecule has 164 valence electrons. The highest BCUT2D eigenvalue weighted by Crippen LogP contribution is 2.39. The number of hydrogen-bond donors (Lipinski definition) is 0. The summed E-state index contributed by atoms with van der Waals surface area (Å²) in [7, 11) is 1.52. The normalized spacial score (nSPS) is 18.4. The highest BCUT2D eigenvalue weighted by atomic mass is 16.6. The summed E-state index contributed by atoms with van der Waals surface area (Å²) in [6.45, 7) is 7.36. The largest absolute Gasteiger partial charge is 0.461 e. The number of carbonyl (C=O) groups is 4. The van der Waals surface area contributed by atoms with Gasteiger partial charge in [-0.15, -0.1) is 0 Å². The Bertz CT molecular complexity index is 855. The standard InChI is InChI=1S/C22H28O8/c1-12(23)28-11-15-7-8-16(10-27-6)19-17(15)9-18(22(4,5)30-14(3)25)21(20(19)26)29-13(2)24/h7-8,18,21H,9-11H2,1-6H3/t18-,21+/m0/s1. The molecule has 1 aliphatic carbocycles. The second-order valence-electron chi connectivity index (χ2n) is 7.85. The molecule has 0 amide bonds. The molecule has 8 heteroatoms. The first-order chi connectivity index (χ1) is 14.0. The highest BCUT2D eigenvalue weighted by molar-refractivity contribution is 6.04. The van der Waals surface area contributed by atoms with Crippen molar-refractivity contribution in [3.8, 4) is 0 Å². The predicted octanol–water partition coefficient (Wildman–Crippen LogP) is 2.52. The zero-order valence-corrected chi connectivity index (χ0v) is 18.2. The fourth-order valence-corrected chi connectivity index (χ4v) is 3.89. The van der Waals surface area contributed by atoms with Gasteiger partial charge in [-0.3, -0.25) is 19.2 Å². The van der Waals surface area contributed by atoms with Crippen LogP contribution in [0, 0.1) is 5.92 Å². The number of methoxy groups -OCH3 is 1. The van der Waals surface area contributed by atoms with E-state index in [1.807, 2.05) is 0 Å². The van der Waals surface area contributed by atoms with E-state index >= 15 is 0 Å². The highest BCUT2D eigenvalue weighted by Gasteiger charge is 2.48. The molecule has 0 heterocycles. The van der Waals surface area contributed by atoms with Crippen molar-refractivity contribution >= 4 is 23.7 Å². The van der Waals surface area contributed by atoms with Crippen LogP contribution in [0.5, 0.6) is 0 Å². The van der Waals surface area contributed by atoms with Crippen molar-refractivity contribution in [3.63, 3.8) is 0 Å². The Morgan fingerprint density at radius 3 is 2.17 bits per heavy atom. The van der Waals surface area contributed by atoms with Gasteiger partial charge in [-0.05, 0) is 37.0 Å². The monoisotopic (exact) mass is 420 g/mol. The minimum absolute atomic E-state index is 0.00282. The number of rotatable bonds is 7. The van der Waals surface area contributed by atoms with Crippen LogP contribution in [-0.4, -0.2) is 42.5 Å². The number of esters is 3. The molecule has 0 fully saturated rings. The second-order valence-corrected chi connectivity index (χ2v) is 7.85. The molecular weight excluding hydrogens is 392 g/mol. The summed E-state index contributed by atoms with van der Waals surface area (Å²) in [6, 6.07) is 3.52. The summed E-state index contributed by atoms with van der Waals surface area (Å²) < 4.78 is 21.3. The van der Waals surface area contributed by atoms with Crippen LogP contribution < -0.4 is 0 Å². The summed E-state index contributed by atoms with van der Waals surface area (Å²) in [4.78, 5) is 48.2. The number of Topliss-reactive ketones (excluding diaryl/α,β-unsaturated/α-hetero) is 1. The van der Waals surface area contributed by atoms with Crippen LogP contribution in [0.2, 0.25) is 0 Å². The van der Waals surface area contributed by atoms with Crippen molar-refractivity contribution in [2.75, 3.05) is 7.11 Å². The van der Waals surface area contributed by atoms with E-state index in [4.69, 9.17) is 18.9 Å². The van der Waals surface area contributed by atoms with E-state index in [1.54, 1.807) is 26.0 Å². The van der Waals surface area contributed by atoms with Gasteiger partial charge in [-0.1, -0.05) is 12.1 Å². The van der Waals surface area contributed by atoms with Crippen molar-refractivity contribution in [1.82, 2.24) is 0 Å². The first-order valence-corrected chi connectivity index (χ1v) is 9.64. The minimum Gasteiger partial charge on any atom is -0.461 e. The summed E-state index contributed by atoms with van der Waals surface area (Å²) in [5.74, 6) is -2.58. The van der Waals surface area contributed by atoms with Crippen molar-refractivity contribution < 1.29 is 38.1 Å². The van der Waals surface area contributed by atoms with Crippen molar-refractivity contribution in [2.24, 2.45) is 5.92 Å². The van der Waals surface area contributed by atoms with E-state index < -0.39 is 41.3 Å². The number of ketones is 1.